The Balaban J connectivity index is 1.86. The maximum Gasteiger partial charge on any atom is 0.297 e. The zero-order valence-electron chi connectivity index (χ0n) is 12.3. The average Bonchev–Trinajstić information content (AvgIpc) is 2.98. The summed E-state index contributed by atoms with van der Waals surface area (Å²) < 4.78 is 27.4. The molecule has 0 bridgehead atoms. The molecule has 3 rings (SSSR count). The molecule has 2 aromatic heterocycles. The van der Waals surface area contributed by atoms with Crippen molar-refractivity contribution in [2.45, 2.75) is 12.5 Å². The number of aliphatic hydroxyl groups excluding tert-OH is 1. The van der Waals surface area contributed by atoms with E-state index in [9.17, 15) is 13.9 Å². The summed E-state index contributed by atoms with van der Waals surface area (Å²) in [6.07, 6.45) is -0.347. The van der Waals surface area contributed by atoms with Gasteiger partial charge < -0.3 is 10.4 Å². The van der Waals surface area contributed by atoms with Crippen LogP contribution in [-0.2, 0) is 7.05 Å². The fourth-order valence-corrected chi connectivity index (χ4v) is 2.25. The Kier molecular flexibility index (Phi) is 4.16. The highest BCUT2D eigenvalue weighted by Crippen LogP contribution is 2.25. The molecule has 1 aromatic carbocycles. The molecule has 3 aromatic rings. The molecular weight excluding hydrogens is 304 g/mol. The quantitative estimate of drug-likeness (QED) is 0.755. The molecule has 120 valence electrons. The predicted molar refractivity (Wildman–Crippen MR) is 81.2 cm³/mol. The van der Waals surface area contributed by atoms with Crippen LogP contribution >= 0.6 is 0 Å². The number of fused-ring (bicyclic) bond motifs is 1. The van der Waals surface area contributed by atoms with Gasteiger partial charge in [0, 0.05) is 30.7 Å². The number of hydrogen-bond acceptors (Lipinski definition) is 5. The van der Waals surface area contributed by atoms with Gasteiger partial charge in [-0.05, 0) is 12.1 Å². The van der Waals surface area contributed by atoms with E-state index in [1.54, 1.807) is 48.4 Å². The molecule has 0 aliphatic carbocycles. The predicted octanol–water partition coefficient (Wildman–Crippen LogP) is 2.45. The van der Waals surface area contributed by atoms with E-state index >= 15 is 0 Å². The monoisotopic (exact) mass is 319 g/mol. The Labute approximate surface area is 130 Å². The van der Waals surface area contributed by atoms with Gasteiger partial charge in [-0.2, -0.15) is 5.10 Å². The molecule has 0 saturated heterocycles. The zero-order valence-corrected chi connectivity index (χ0v) is 12.3. The molecule has 8 heteroatoms. The van der Waals surface area contributed by atoms with Crippen molar-refractivity contribution < 1.29 is 13.9 Å². The lowest BCUT2D eigenvalue weighted by molar-refractivity contribution is 0.141. The molecule has 0 radical (unpaired) electrons. The Hall–Kier alpha value is -2.61. The minimum atomic E-state index is -2.76. The van der Waals surface area contributed by atoms with E-state index < -0.39 is 18.4 Å². The molecule has 1 atom stereocenters. The van der Waals surface area contributed by atoms with Crippen LogP contribution in [0.1, 0.15) is 23.9 Å². The number of halogens is 2. The molecule has 2 N–H and O–H groups in total. The number of rotatable bonds is 5. The summed E-state index contributed by atoms with van der Waals surface area (Å²) in [4.78, 5) is 7.71. The number of aromatic nitrogens is 4. The third-order valence-corrected chi connectivity index (χ3v) is 3.39. The van der Waals surface area contributed by atoms with E-state index in [-0.39, 0.29) is 12.4 Å². The highest BCUT2D eigenvalue weighted by atomic mass is 19.3. The second-order valence-electron chi connectivity index (χ2n) is 5.09. The summed E-state index contributed by atoms with van der Waals surface area (Å²) in [5.74, 6) is -0.268. The smallest absolute Gasteiger partial charge is 0.297 e. The van der Waals surface area contributed by atoms with Gasteiger partial charge in [-0.3, -0.25) is 4.68 Å². The summed E-state index contributed by atoms with van der Waals surface area (Å²) in [5.41, 5.74) is 1.06. The topological polar surface area (TPSA) is 75.9 Å². The van der Waals surface area contributed by atoms with Crippen LogP contribution in [0.15, 0.2) is 36.7 Å². The molecule has 6 nitrogen and oxygen atoms in total. The van der Waals surface area contributed by atoms with Crippen LogP contribution in [0.3, 0.4) is 0 Å². The summed E-state index contributed by atoms with van der Waals surface area (Å²) in [5, 5.41) is 17.7. The fraction of sp³-hybridized carbons (Fsp3) is 0.267. The van der Waals surface area contributed by atoms with Crippen LogP contribution in [0, 0.1) is 0 Å². The van der Waals surface area contributed by atoms with Crippen molar-refractivity contribution in [2.75, 3.05) is 11.9 Å². The standard InChI is InChI=1S/C15H15F2N5O/c1-22-8-9(6-19-22)12(23)7-18-14-10-4-2-3-5-11(10)20-15(21-14)13(16)17/h2-6,8,12-13,23H,7H2,1H3,(H,18,20,21). The number of benzene rings is 1. The van der Waals surface area contributed by atoms with E-state index in [0.29, 0.717) is 16.5 Å². The molecule has 2 heterocycles. The van der Waals surface area contributed by atoms with Gasteiger partial charge >= 0.3 is 0 Å². The van der Waals surface area contributed by atoms with Crippen molar-refractivity contribution in [1.82, 2.24) is 19.7 Å². The minimum Gasteiger partial charge on any atom is -0.386 e. The van der Waals surface area contributed by atoms with Gasteiger partial charge in [0.25, 0.3) is 6.43 Å². The van der Waals surface area contributed by atoms with E-state index in [1.807, 2.05) is 0 Å². The number of alkyl halides is 2. The maximum absolute atomic E-state index is 12.9. The maximum atomic E-state index is 12.9. The average molecular weight is 319 g/mol. The van der Waals surface area contributed by atoms with Gasteiger partial charge in [-0.25, -0.2) is 18.7 Å². The second-order valence-corrected chi connectivity index (χ2v) is 5.09. The van der Waals surface area contributed by atoms with Gasteiger partial charge in [-0.15, -0.1) is 0 Å². The highest BCUT2D eigenvalue weighted by Gasteiger charge is 2.16. The lowest BCUT2D eigenvalue weighted by atomic mass is 10.2. The molecule has 0 fully saturated rings. The van der Waals surface area contributed by atoms with Crippen molar-refractivity contribution in [3.05, 3.63) is 48.0 Å². The Morgan fingerprint density at radius 2 is 2.04 bits per heavy atom. The molecule has 0 aliphatic rings. The van der Waals surface area contributed by atoms with Gasteiger partial charge in [0.1, 0.15) is 5.82 Å². The van der Waals surface area contributed by atoms with Gasteiger partial charge in [0.05, 0.1) is 17.8 Å². The number of hydrogen-bond donors (Lipinski definition) is 2. The third-order valence-electron chi connectivity index (χ3n) is 3.39. The highest BCUT2D eigenvalue weighted by molar-refractivity contribution is 5.89. The van der Waals surface area contributed by atoms with Crippen molar-refractivity contribution in [1.29, 1.82) is 0 Å². The summed E-state index contributed by atoms with van der Waals surface area (Å²) in [7, 11) is 1.75. The number of para-hydroxylation sites is 1. The first-order valence-electron chi connectivity index (χ1n) is 7.00. The number of nitrogens with zero attached hydrogens (tertiary/aromatic N) is 4. The Morgan fingerprint density at radius 3 is 2.74 bits per heavy atom. The third kappa shape index (κ3) is 3.26. The van der Waals surface area contributed by atoms with Gasteiger partial charge in [0.15, 0.2) is 5.82 Å². The summed E-state index contributed by atoms with van der Waals surface area (Å²) in [6.45, 7) is 0.120. The molecule has 23 heavy (non-hydrogen) atoms. The first-order chi connectivity index (χ1) is 11.0. The molecule has 0 spiro atoms. The van der Waals surface area contributed by atoms with E-state index in [4.69, 9.17) is 0 Å². The molecule has 0 amide bonds. The van der Waals surface area contributed by atoms with Crippen LogP contribution in [-0.4, -0.2) is 31.4 Å². The fourth-order valence-electron chi connectivity index (χ4n) is 2.25. The van der Waals surface area contributed by atoms with Crippen LogP contribution in [0.4, 0.5) is 14.6 Å². The molecule has 0 aliphatic heterocycles. The van der Waals surface area contributed by atoms with Gasteiger partial charge in [-0.1, -0.05) is 12.1 Å². The Bertz CT molecular complexity index is 820. The van der Waals surface area contributed by atoms with E-state index in [0.717, 1.165) is 0 Å². The lowest BCUT2D eigenvalue weighted by Crippen LogP contribution is -2.14. The lowest BCUT2D eigenvalue weighted by Gasteiger charge is -2.13. The SMILES string of the molecule is Cn1cc(C(O)CNc2nc(C(F)F)nc3ccccc23)cn1. The van der Waals surface area contributed by atoms with Crippen molar-refractivity contribution in [3.63, 3.8) is 0 Å². The van der Waals surface area contributed by atoms with Crippen LogP contribution in [0.2, 0.25) is 0 Å². The van der Waals surface area contributed by atoms with Crippen molar-refractivity contribution in [2.24, 2.45) is 7.05 Å². The number of nitrogens with one attached hydrogen (secondary N) is 1. The first kappa shape index (κ1) is 15.3. The van der Waals surface area contributed by atoms with Crippen molar-refractivity contribution >= 4 is 16.7 Å². The first-order valence-corrected chi connectivity index (χ1v) is 7.00. The zero-order chi connectivity index (χ0) is 16.4. The molecule has 1 unspecified atom stereocenters. The summed E-state index contributed by atoms with van der Waals surface area (Å²) >= 11 is 0. The van der Waals surface area contributed by atoms with Crippen LogP contribution in [0.25, 0.3) is 10.9 Å². The normalized spacial score (nSPS) is 12.7. The molecular formula is C15H15F2N5O. The van der Waals surface area contributed by atoms with Crippen LogP contribution < -0.4 is 5.32 Å². The minimum absolute atomic E-state index is 0.120. The van der Waals surface area contributed by atoms with E-state index in [2.05, 4.69) is 20.4 Å². The number of anilines is 1. The Morgan fingerprint density at radius 1 is 1.26 bits per heavy atom. The van der Waals surface area contributed by atoms with Crippen LogP contribution in [0.5, 0.6) is 0 Å². The van der Waals surface area contributed by atoms with E-state index in [1.165, 1.54) is 0 Å². The molecule has 0 saturated carbocycles. The summed E-state index contributed by atoms with van der Waals surface area (Å²) in [6, 6.07) is 6.88. The largest absolute Gasteiger partial charge is 0.386 e. The van der Waals surface area contributed by atoms with Gasteiger partial charge in [0.2, 0.25) is 0 Å². The van der Waals surface area contributed by atoms with Crippen molar-refractivity contribution in [3.8, 4) is 0 Å². The number of aliphatic hydroxyl groups is 1. The number of aryl methyl sites for hydroxylation is 1. The second kappa shape index (κ2) is 6.25.